The van der Waals surface area contributed by atoms with Gasteiger partial charge in [0.2, 0.25) is 0 Å². The van der Waals surface area contributed by atoms with Crippen LogP contribution < -0.4 is 10.1 Å². The molecule has 1 N–H and O–H groups in total. The van der Waals surface area contributed by atoms with Gasteiger partial charge < -0.3 is 14.8 Å². The van der Waals surface area contributed by atoms with Crippen LogP contribution in [0.5, 0.6) is 5.75 Å². The highest BCUT2D eigenvalue weighted by molar-refractivity contribution is 7.14. The van der Waals surface area contributed by atoms with Gasteiger partial charge in [-0.3, -0.25) is 9.78 Å². The first-order valence-corrected chi connectivity index (χ1v) is 11.5. The Morgan fingerprint density at radius 3 is 2.88 bits per heavy atom. The molecule has 1 saturated heterocycles. The number of nitrogens with zero attached hydrogens (tertiary/aromatic N) is 2. The molecule has 168 valence electrons. The van der Waals surface area contributed by atoms with Gasteiger partial charge in [0.25, 0.3) is 5.91 Å². The van der Waals surface area contributed by atoms with Crippen LogP contribution in [-0.2, 0) is 4.74 Å². The van der Waals surface area contributed by atoms with Gasteiger partial charge in [-0.2, -0.15) is 0 Å². The Labute approximate surface area is 194 Å². The lowest BCUT2D eigenvalue weighted by Gasteiger charge is -2.16. The number of thiazole rings is 1. The number of hydrogen-bond acceptors (Lipinski definition) is 6. The maximum Gasteiger partial charge on any atom is 0.251 e. The molecule has 1 unspecified atom stereocenters. The van der Waals surface area contributed by atoms with Crippen LogP contribution in [0.15, 0.2) is 36.7 Å². The van der Waals surface area contributed by atoms with Gasteiger partial charge in [0.05, 0.1) is 36.2 Å². The number of aromatic nitrogens is 2. The first kappa shape index (κ1) is 22.6. The van der Waals surface area contributed by atoms with Crippen LogP contribution in [0.4, 0.5) is 4.39 Å². The summed E-state index contributed by atoms with van der Waals surface area (Å²) >= 11 is 7.65. The average Bonchev–Trinajstić information content (AvgIpc) is 3.43. The second-order valence-corrected chi connectivity index (χ2v) is 9.42. The van der Waals surface area contributed by atoms with E-state index in [1.807, 2.05) is 13.0 Å². The highest BCUT2D eigenvalue weighted by Crippen LogP contribution is 2.30. The molecule has 9 heteroatoms. The topological polar surface area (TPSA) is 73.3 Å². The van der Waals surface area contributed by atoms with E-state index < -0.39 is 11.9 Å². The summed E-state index contributed by atoms with van der Waals surface area (Å²) in [5.74, 6) is 0.0878. The zero-order chi connectivity index (χ0) is 22.7. The molecule has 0 aliphatic carbocycles. The summed E-state index contributed by atoms with van der Waals surface area (Å²) < 4.78 is 24.7. The summed E-state index contributed by atoms with van der Waals surface area (Å²) in [6.07, 6.45) is 3.84. The number of hydrogen-bond donors (Lipinski definition) is 1. The molecule has 0 saturated carbocycles. The van der Waals surface area contributed by atoms with Crippen molar-refractivity contribution in [3.63, 3.8) is 0 Å². The molecule has 3 heterocycles. The van der Waals surface area contributed by atoms with Crippen molar-refractivity contribution in [3.8, 4) is 16.3 Å². The minimum atomic E-state index is -0.529. The number of carbonyl (C=O) groups is 1. The van der Waals surface area contributed by atoms with Gasteiger partial charge >= 0.3 is 0 Å². The number of ether oxygens (including phenoxy) is 2. The number of carbonyl (C=O) groups excluding carboxylic acids is 1. The number of nitrogens with one attached hydrogen (secondary N) is 1. The Morgan fingerprint density at radius 1 is 1.34 bits per heavy atom. The van der Waals surface area contributed by atoms with Gasteiger partial charge in [0.15, 0.2) is 0 Å². The number of pyridine rings is 1. The maximum atomic E-state index is 13.3. The van der Waals surface area contributed by atoms with E-state index in [0.29, 0.717) is 36.1 Å². The predicted molar refractivity (Wildman–Crippen MR) is 122 cm³/mol. The first-order valence-electron chi connectivity index (χ1n) is 10.3. The van der Waals surface area contributed by atoms with E-state index in [-0.39, 0.29) is 10.9 Å². The van der Waals surface area contributed by atoms with Crippen molar-refractivity contribution < 1.29 is 18.7 Å². The van der Waals surface area contributed by atoms with Crippen molar-refractivity contribution in [1.29, 1.82) is 0 Å². The smallest absolute Gasteiger partial charge is 0.251 e. The fourth-order valence-electron chi connectivity index (χ4n) is 3.45. The van der Waals surface area contributed by atoms with Crippen LogP contribution in [0.25, 0.3) is 10.6 Å². The van der Waals surface area contributed by atoms with Gasteiger partial charge in [-0.15, -0.1) is 11.3 Å². The van der Waals surface area contributed by atoms with Crippen molar-refractivity contribution in [2.24, 2.45) is 5.92 Å². The molecule has 1 aliphatic heterocycles. The van der Waals surface area contributed by atoms with Gasteiger partial charge in [-0.05, 0) is 44.5 Å². The molecule has 0 radical (unpaired) electrons. The molecule has 0 spiro atoms. The molecule has 1 aromatic carbocycles. The number of amides is 1. The zero-order valence-corrected chi connectivity index (χ0v) is 19.3. The van der Waals surface area contributed by atoms with Crippen molar-refractivity contribution >= 4 is 28.8 Å². The van der Waals surface area contributed by atoms with E-state index >= 15 is 0 Å². The molecule has 1 aliphatic rings. The molecule has 4 rings (SSSR count). The number of halogens is 2. The van der Waals surface area contributed by atoms with Crippen LogP contribution in [0, 0.1) is 18.7 Å². The summed E-state index contributed by atoms with van der Waals surface area (Å²) in [7, 11) is 0. The summed E-state index contributed by atoms with van der Waals surface area (Å²) in [4.78, 5) is 22.6. The molecule has 6 nitrogen and oxygen atoms in total. The normalized spacial score (nSPS) is 16.7. The van der Waals surface area contributed by atoms with E-state index in [0.717, 1.165) is 34.7 Å². The Hall–Kier alpha value is -2.55. The highest BCUT2D eigenvalue weighted by Gasteiger charge is 2.20. The molecule has 0 bridgehead atoms. The van der Waals surface area contributed by atoms with Crippen LogP contribution >= 0.6 is 22.9 Å². The maximum absolute atomic E-state index is 13.3. The SMILES string of the molecule is Cc1cnc(-c2cc(OC[C@@H]3CCOC3)cc(C(=O)NC(C)c3ncc(F)cc3Cl)c2)s1. The first-order chi connectivity index (χ1) is 15.4. The second kappa shape index (κ2) is 9.94. The molecule has 32 heavy (non-hydrogen) atoms. The second-order valence-electron chi connectivity index (χ2n) is 7.78. The largest absolute Gasteiger partial charge is 0.493 e. The molecule has 1 fully saturated rings. The molecule has 3 aromatic rings. The lowest BCUT2D eigenvalue weighted by molar-refractivity contribution is 0.0938. The van der Waals surface area contributed by atoms with Crippen molar-refractivity contribution in [1.82, 2.24) is 15.3 Å². The standard InChI is InChI=1S/C23H23ClFN3O3S/c1-13-9-27-23(32-13)17-5-16(6-19(7-17)31-12-15-3-4-30-11-15)22(29)28-14(2)21-20(24)8-18(25)10-26-21/h5-10,14-15H,3-4,11-12H2,1-2H3,(H,28,29)/t14?,15-/m1/s1. The van der Waals surface area contributed by atoms with Gasteiger partial charge in [-0.1, -0.05) is 11.6 Å². The van der Waals surface area contributed by atoms with E-state index in [1.165, 1.54) is 6.07 Å². The van der Waals surface area contributed by atoms with Crippen LogP contribution in [0.2, 0.25) is 5.02 Å². The van der Waals surface area contributed by atoms with Gasteiger partial charge in [0.1, 0.15) is 16.6 Å². The fraction of sp³-hybridized carbons (Fsp3) is 0.348. The van der Waals surface area contributed by atoms with Gasteiger partial charge in [0, 0.05) is 34.7 Å². The Kier molecular flexibility index (Phi) is 7.03. The lowest BCUT2D eigenvalue weighted by atomic mass is 10.1. The van der Waals surface area contributed by atoms with E-state index in [2.05, 4.69) is 15.3 Å². The minimum Gasteiger partial charge on any atom is -0.493 e. The average molecular weight is 476 g/mol. The Bertz CT molecular complexity index is 1120. The van der Waals surface area contributed by atoms with Crippen molar-refractivity contribution in [2.45, 2.75) is 26.3 Å². The minimum absolute atomic E-state index is 0.160. The fourth-order valence-corrected chi connectivity index (χ4v) is 4.51. The van der Waals surface area contributed by atoms with Crippen molar-refractivity contribution in [3.05, 3.63) is 63.6 Å². The number of rotatable bonds is 7. The molecule has 1 amide bonds. The molecule has 2 aromatic heterocycles. The molecule has 2 atom stereocenters. The third kappa shape index (κ3) is 5.43. The monoisotopic (exact) mass is 475 g/mol. The van der Waals surface area contributed by atoms with E-state index in [9.17, 15) is 9.18 Å². The summed E-state index contributed by atoms with van der Waals surface area (Å²) in [6.45, 7) is 5.68. The van der Waals surface area contributed by atoms with Crippen LogP contribution in [0.3, 0.4) is 0 Å². The predicted octanol–water partition coefficient (Wildman–Crippen LogP) is 5.21. The summed E-state index contributed by atoms with van der Waals surface area (Å²) in [6, 6.07) is 6.05. The van der Waals surface area contributed by atoms with Crippen LogP contribution in [0.1, 0.15) is 40.3 Å². The van der Waals surface area contributed by atoms with Crippen LogP contribution in [-0.4, -0.2) is 35.7 Å². The zero-order valence-electron chi connectivity index (χ0n) is 17.7. The van der Waals surface area contributed by atoms with E-state index in [1.54, 1.807) is 36.6 Å². The number of aryl methyl sites for hydroxylation is 1. The quantitative estimate of drug-likeness (QED) is 0.507. The molecular weight excluding hydrogens is 453 g/mol. The number of benzene rings is 1. The van der Waals surface area contributed by atoms with Gasteiger partial charge in [-0.25, -0.2) is 9.37 Å². The van der Waals surface area contributed by atoms with E-state index in [4.69, 9.17) is 21.1 Å². The Morgan fingerprint density at radius 2 is 2.19 bits per heavy atom. The summed E-state index contributed by atoms with van der Waals surface area (Å²) in [5.41, 5.74) is 1.63. The summed E-state index contributed by atoms with van der Waals surface area (Å²) in [5, 5.41) is 3.85. The lowest BCUT2D eigenvalue weighted by Crippen LogP contribution is -2.27. The Balaban J connectivity index is 1.57. The third-order valence-electron chi connectivity index (χ3n) is 5.14. The highest BCUT2D eigenvalue weighted by atomic mass is 35.5. The van der Waals surface area contributed by atoms with Crippen molar-refractivity contribution in [2.75, 3.05) is 19.8 Å². The third-order valence-corrected chi connectivity index (χ3v) is 6.41. The molecular formula is C23H23ClFN3O3S.